The van der Waals surface area contributed by atoms with Gasteiger partial charge in [0.2, 0.25) is 0 Å². The fourth-order valence-corrected chi connectivity index (χ4v) is 3.73. The Morgan fingerprint density at radius 1 is 1.32 bits per heavy atom. The van der Waals surface area contributed by atoms with E-state index in [0.29, 0.717) is 17.5 Å². The summed E-state index contributed by atoms with van der Waals surface area (Å²) < 4.78 is 31.9. The van der Waals surface area contributed by atoms with Gasteiger partial charge in [0.15, 0.2) is 23.0 Å². The Morgan fingerprint density at radius 2 is 2.24 bits per heavy atom. The van der Waals surface area contributed by atoms with Crippen molar-refractivity contribution in [1.29, 1.82) is 0 Å². The molecule has 0 amide bonds. The van der Waals surface area contributed by atoms with E-state index in [1.54, 1.807) is 6.20 Å². The number of halogens is 2. The topological polar surface area (TPSA) is 75.7 Å². The Morgan fingerprint density at radius 3 is 3.04 bits per heavy atom. The van der Waals surface area contributed by atoms with Crippen LogP contribution in [0.5, 0.6) is 11.8 Å². The fraction of sp³-hybridized carbons (Fsp3) is 0.312. The predicted molar refractivity (Wildman–Crippen MR) is 92.1 cm³/mol. The summed E-state index contributed by atoms with van der Waals surface area (Å²) in [5.74, 6) is 1.31. The van der Waals surface area contributed by atoms with E-state index in [1.165, 1.54) is 18.2 Å². The van der Waals surface area contributed by atoms with E-state index in [0.717, 1.165) is 29.7 Å². The molecule has 1 aromatic carbocycles. The van der Waals surface area contributed by atoms with E-state index in [4.69, 9.17) is 4.74 Å². The molecule has 1 aliphatic rings. The Bertz CT molecular complexity index is 897. The lowest BCUT2D eigenvalue weighted by Crippen LogP contribution is -2.25. The Balaban J connectivity index is 1.54. The van der Waals surface area contributed by atoms with Crippen molar-refractivity contribution in [3.8, 4) is 11.8 Å². The standard InChI is InChI=1S/C16H15F2N5OS/c17-9-3-4-13(12(18)6-9)24-16-19-7-11-14(22-23-15(11)21-16)20-10-2-1-5-25-8-10/h3-4,6-7,10H,1-2,5,8H2,(H2,19,20,21,22,23). The van der Waals surface area contributed by atoms with E-state index in [9.17, 15) is 8.78 Å². The van der Waals surface area contributed by atoms with Gasteiger partial charge in [-0.15, -0.1) is 0 Å². The fourth-order valence-electron chi connectivity index (χ4n) is 2.66. The molecule has 0 saturated carbocycles. The molecule has 9 heteroatoms. The van der Waals surface area contributed by atoms with Crippen molar-refractivity contribution in [2.75, 3.05) is 16.8 Å². The van der Waals surface area contributed by atoms with Crippen LogP contribution in [0.15, 0.2) is 24.4 Å². The molecule has 2 aromatic heterocycles. The smallest absolute Gasteiger partial charge is 0.324 e. The molecule has 0 spiro atoms. The van der Waals surface area contributed by atoms with Gasteiger partial charge >= 0.3 is 6.01 Å². The van der Waals surface area contributed by atoms with Crippen LogP contribution in [-0.2, 0) is 0 Å². The van der Waals surface area contributed by atoms with Gasteiger partial charge in [0, 0.05) is 24.1 Å². The first-order valence-electron chi connectivity index (χ1n) is 7.87. The Kier molecular flexibility index (Phi) is 4.39. The third-order valence-electron chi connectivity index (χ3n) is 3.89. The zero-order valence-electron chi connectivity index (χ0n) is 13.1. The minimum atomic E-state index is -0.814. The lowest BCUT2D eigenvalue weighted by atomic mass is 10.2. The van der Waals surface area contributed by atoms with Gasteiger partial charge in [-0.05, 0) is 30.7 Å². The average molecular weight is 363 g/mol. The first-order valence-corrected chi connectivity index (χ1v) is 9.03. The highest BCUT2D eigenvalue weighted by molar-refractivity contribution is 7.99. The van der Waals surface area contributed by atoms with Crippen LogP contribution in [0.4, 0.5) is 14.6 Å². The zero-order chi connectivity index (χ0) is 17.2. The van der Waals surface area contributed by atoms with Crippen LogP contribution in [0, 0.1) is 11.6 Å². The molecule has 1 aliphatic heterocycles. The summed E-state index contributed by atoms with van der Waals surface area (Å²) in [6, 6.07) is 3.38. The minimum Gasteiger partial charge on any atom is -0.421 e. The van der Waals surface area contributed by atoms with Crippen LogP contribution in [0.3, 0.4) is 0 Å². The number of hydrogen-bond acceptors (Lipinski definition) is 6. The number of rotatable bonds is 4. The minimum absolute atomic E-state index is 0.0403. The van der Waals surface area contributed by atoms with Crippen molar-refractivity contribution in [3.63, 3.8) is 0 Å². The van der Waals surface area contributed by atoms with Crippen LogP contribution >= 0.6 is 11.8 Å². The summed E-state index contributed by atoms with van der Waals surface area (Å²) in [4.78, 5) is 8.28. The van der Waals surface area contributed by atoms with E-state index >= 15 is 0 Å². The number of anilines is 1. The highest BCUT2D eigenvalue weighted by Gasteiger charge is 2.17. The Hall–Kier alpha value is -2.42. The van der Waals surface area contributed by atoms with Gasteiger partial charge in [-0.25, -0.2) is 13.8 Å². The number of H-pyrrole nitrogens is 1. The summed E-state index contributed by atoms with van der Waals surface area (Å²) >= 11 is 1.92. The van der Waals surface area contributed by atoms with E-state index in [1.807, 2.05) is 11.8 Å². The van der Waals surface area contributed by atoms with Crippen LogP contribution in [0.2, 0.25) is 0 Å². The van der Waals surface area contributed by atoms with Crippen LogP contribution in [0.25, 0.3) is 11.0 Å². The van der Waals surface area contributed by atoms with Gasteiger partial charge in [0.05, 0.1) is 5.39 Å². The summed E-state index contributed by atoms with van der Waals surface area (Å²) in [5, 5.41) is 11.2. The molecule has 4 rings (SSSR count). The van der Waals surface area contributed by atoms with Crippen LogP contribution < -0.4 is 10.1 Å². The zero-order valence-corrected chi connectivity index (χ0v) is 13.9. The van der Waals surface area contributed by atoms with Crippen LogP contribution in [-0.4, -0.2) is 37.7 Å². The van der Waals surface area contributed by atoms with Gasteiger partial charge < -0.3 is 10.1 Å². The highest BCUT2D eigenvalue weighted by Crippen LogP contribution is 2.27. The molecular formula is C16H15F2N5OS. The third kappa shape index (κ3) is 3.51. The first kappa shape index (κ1) is 16.1. The summed E-state index contributed by atoms with van der Waals surface area (Å²) in [6.45, 7) is 0. The SMILES string of the molecule is Fc1ccc(Oc2ncc3c(NC4CCCSC4)n[nH]c3n2)c(F)c1. The molecule has 1 atom stereocenters. The second-order valence-electron chi connectivity index (χ2n) is 5.72. The van der Waals surface area contributed by atoms with Gasteiger partial charge in [-0.3, -0.25) is 5.10 Å². The van der Waals surface area contributed by atoms with Gasteiger partial charge in [-0.1, -0.05) is 0 Å². The summed E-state index contributed by atoms with van der Waals surface area (Å²) in [7, 11) is 0. The second-order valence-corrected chi connectivity index (χ2v) is 6.87. The van der Waals surface area contributed by atoms with Crippen molar-refractivity contribution in [3.05, 3.63) is 36.0 Å². The molecule has 25 heavy (non-hydrogen) atoms. The monoisotopic (exact) mass is 363 g/mol. The maximum Gasteiger partial charge on any atom is 0.324 e. The molecule has 1 fully saturated rings. The van der Waals surface area contributed by atoms with Crippen molar-refractivity contribution < 1.29 is 13.5 Å². The first-order chi connectivity index (χ1) is 12.2. The van der Waals surface area contributed by atoms with Crippen molar-refractivity contribution >= 4 is 28.6 Å². The molecule has 1 unspecified atom stereocenters. The molecule has 1 saturated heterocycles. The molecular weight excluding hydrogens is 348 g/mol. The van der Waals surface area contributed by atoms with Crippen molar-refractivity contribution in [2.24, 2.45) is 0 Å². The highest BCUT2D eigenvalue weighted by atomic mass is 32.2. The van der Waals surface area contributed by atoms with E-state index in [-0.39, 0.29) is 11.8 Å². The number of nitrogens with zero attached hydrogens (tertiary/aromatic N) is 3. The summed E-state index contributed by atoms with van der Waals surface area (Å²) in [6.07, 6.45) is 3.86. The molecule has 0 aliphatic carbocycles. The molecule has 0 bridgehead atoms. The van der Waals surface area contributed by atoms with Crippen molar-refractivity contribution in [1.82, 2.24) is 20.2 Å². The predicted octanol–water partition coefficient (Wildman–Crippen LogP) is 3.73. The maximum absolute atomic E-state index is 13.7. The van der Waals surface area contributed by atoms with E-state index < -0.39 is 11.6 Å². The summed E-state index contributed by atoms with van der Waals surface area (Å²) in [5.41, 5.74) is 0.485. The molecule has 3 aromatic rings. The molecule has 2 N–H and O–H groups in total. The van der Waals surface area contributed by atoms with Crippen LogP contribution in [0.1, 0.15) is 12.8 Å². The maximum atomic E-state index is 13.7. The molecule has 130 valence electrons. The Labute approximate surface area is 146 Å². The lowest BCUT2D eigenvalue weighted by molar-refractivity contribution is 0.409. The van der Waals surface area contributed by atoms with Gasteiger partial charge in [-0.2, -0.15) is 21.8 Å². The number of fused-ring (bicyclic) bond motifs is 1. The number of thioether (sulfide) groups is 1. The number of ether oxygens (including phenoxy) is 1. The number of aromatic nitrogens is 4. The molecule has 3 heterocycles. The normalized spacial score (nSPS) is 17.6. The number of aromatic amines is 1. The average Bonchev–Trinajstić information content (AvgIpc) is 3.00. The number of nitrogens with one attached hydrogen (secondary N) is 2. The number of hydrogen-bond donors (Lipinski definition) is 2. The van der Waals surface area contributed by atoms with Gasteiger partial charge in [0.1, 0.15) is 5.82 Å². The van der Waals surface area contributed by atoms with E-state index in [2.05, 4.69) is 25.5 Å². The second kappa shape index (κ2) is 6.83. The quantitative estimate of drug-likeness (QED) is 0.736. The molecule has 6 nitrogen and oxygen atoms in total. The molecule has 0 radical (unpaired) electrons. The van der Waals surface area contributed by atoms with Gasteiger partial charge in [0.25, 0.3) is 0 Å². The number of benzene rings is 1. The third-order valence-corrected chi connectivity index (χ3v) is 5.11. The lowest BCUT2D eigenvalue weighted by Gasteiger charge is -2.22. The largest absolute Gasteiger partial charge is 0.421 e. The van der Waals surface area contributed by atoms with Crippen molar-refractivity contribution in [2.45, 2.75) is 18.9 Å².